The number of hydrogen-bond acceptors (Lipinski definition) is 3. The maximum absolute atomic E-state index is 11.4. The first-order chi connectivity index (χ1) is 7.44. The fourth-order valence-corrected chi connectivity index (χ4v) is 1.21. The predicted octanol–water partition coefficient (Wildman–Crippen LogP) is -0.126. The van der Waals surface area contributed by atoms with Gasteiger partial charge >= 0.3 is 0 Å². The van der Waals surface area contributed by atoms with E-state index < -0.39 is 5.41 Å². The highest BCUT2D eigenvalue weighted by Gasteiger charge is 2.26. The normalized spacial score (nSPS) is 11.0. The van der Waals surface area contributed by atoms with Crippen LogP contribution in [0.5, 0.6) is 0 Å². The van der Waals surface area contributed by atoms with Crippen molar-refractivity contribution in [2.75, 3.05) is 26.7 Å². The minimum absolute atomic E-state index is 0.0297. The zero-order valence-electron chi connectivity index (χ0n) is 10.6. The molecule has 0 aromatic carbocycles. The van der Waals surface area contributed by atoms with Gasteiger partial charge in [0.1, 0.15) is 0 Å². The second-order valence-corrected chi connectivity index (χ2v) is 4.34. The third-order valence-electron chi connectivity index (χ3n) is 2.35. The van der Waals surface area contributed by atoms with E-state index in [4.69, 9.17) is 0 Å². The molecule has 0 unspecified atom stereocenters. The first-order valence-electron chi connectivity index (χ1n) is 5.63. The lowest BCUT2D eigenvalue weighted by Gasteiger charge is -2.22. The van der Waals surface area contributed by atoms with Gasteiger partial charge in [-0.25, -0.2) is 0 Å². The summed E-state index contributed by atoms with van der Waals surface area (Å²) in [4.78, 5) is 22.8. The molecule has 94 valence electrons. The van der Waals surface area contributed by atoms with E-state index in [1.807, 2.05) is 6.92 Å². The van der Waals surface area contributed by atoms with Gasteiger partial charge in [0.2, 0.25) is 11.8 Å². The lowest BCUT2D eigenvalue weighted by atomic mass is 9.92. The number of amides is 2. The Balaban J connectivity index is 3.86. The molecule has 0 heterocycles. The molecular weight excluding hydrogens is 206 g/mol. The number of carbonyl (C=O) groups is 2. The van der Waals surface area contributed by atoms with Crippen LogP contribution in [0.3, 0.4) is 0 Å². The van der Waals surface area contributed by atoms with Crippen molar-refractivity contribution in [3.63, 3.8) is 0 Å². The van der Waals surface area contributed by atoms with E-state index in [1.165, 1.54) is 0 Å². The van der Waals surface area contributed by atoms with Crippen LogP contribution in [0.15, 0.2) is 0 Å². The van der Waals surface area contributed by atoms with Crippen LogP contribution in [0.25, 0.3) is 0 Å². The molecule has 0 saturated carbocycles. The number of rotatable bonds is 7. The first-order valence-corrected chi connectivity index (χ1v) is 5.63. The summed E-state index contributed by atoms with van der Waals surface area (Å²) in [6, 6.07) is 0. The van der Waals surface area contributed by atoms with Crippen LogP contribution in [-0.2, 0) is 9.59 Å². The lowest BCUT2D eigenvalue weighted by Crippen LogP contribution is -2.44. The van der Waals surface area contributed by atoms with Gasteiger partial charge in [-0.05, 0) is 20.4 Å². The Hall–Kier alpha value is -1.10. The van der Waals surface area contributed by atoms with Crippen molar-refractivity contribution in [2.45, 2.75) is 27.2 Å². The number of hydrogen-bond donors (Lipinski definition) is 3. The molecule has 16 heavy (non-hydrogen) atoms. The molecule has 0 aromatic heterocycles. The second kappa shape index (κ2) is 7.22. The van der Waals surface area contributed by atoms with E-state index in [0.717, 1.165) is 6.54 Å². The van der Waals surface area contributed by atoms with Crippen molar-refractivity contribution in [2.24, 2.45) is 5.41 Å². The monoisotopic (exact) mass is 229 g/mol. The van der Waals surface area contributed by atoms with Gasteiger partial charge in [0.25, 0.3) is 0 Å². The quantitative estimate of drug-likeness (QED) is 0.533. The fourth-order valence-electron chi connectivity index (χ4n) is 1.21. The standard InChI is InChI=1S/C11H23N3O2/c1-5-13-7-6-9(15)14-8-11(2,3)10(16)12-4/h13H,5-8H2,1-4H3,(H,12,16)(H,14,15). The molecule has 3 N–H and O–H groups in total. The van der Waals surface area contributed by atoms with Crippen molar-refractivity contribution in [3.05, 3.63) is 0 Å². The molecule has 5 nitrogen and oxygen atoms in total. The van der Waals surface area contributed by atoms with Crippen molar-refractivity contribution in [1.29, 1.82) is 0 Å². The van der Waals surface area contributed by atoms with Gasteiger partial charge in [0, 0.05) is 26.6 Å². The summed E-state index contributed by atoms with van der Waals surface area (Å²) < 4.78 is 0. The highest BCUT2D eigenvalue weighted by Crippen LogP contribution is 2.12. The summed E-state index contributed by atoms with van der Waals surface area (Å²) in [5, 5.41) is 8.41. The Morgan fingerprint density at radius 3 is 2.38 bits per heavy atom. The molecule has 0 spiro atoms. The Labute approximate surface area is 97.4 Å². The van der Waals surface area contributed by atoms with Crippen molar-refractivity contribution >= 4 is 11.8 Å². The Bertz CT molecular complexity index is 239. The van der Waals surface area contributed by atoms with Crippen LogP contribution >= 0.6 is 0 Å². The van der Waals surface area contributed by atoms with Crippen molar-refractivity contribution in [3.8, 4) is 0 Å². The molecule has 0 aliphatic heterocycles. The van der Waals surface area contributed by atoms with Gasteiger partial charge in [0.05, 0.1) is 5.41 Å². The molecule has 0 fully saturated rings. The van der Waals surface area contributed by atoms with E-state index in [2.05, 4.69) is 16.0 Å². The summed E-state index contributed by atoms with van der Waals surface area (Å²) in [7, 11) is 1.59. The van der Waals surface area contributed by atoms with Gasteiger partial charge in [-0.1, -0.05) is 6.92 Å². The van der Waals surface area contributed by atoms with Gasteiger partial charge in [-0.2, -0.15) is 0 Å². The fraction of sp³-hybridized carbons (Fsp3) is 0.818. The van der Waals surface area contributed by atoms with Crippen LogP contribution in [0, 0.1) is 5.41 Å². The SMILES string of the molecule is CCNCCC(=O)NCC(C)(C)C(=O)NC. The molecule has 0 aliphatic carbocycles. The average Bonchev–Trinajstić information content (AvgIpc) is 2.25. The third-order valence-corrected chi connectivity index (χ3v) is 2.35. The highest BCUT2D eigenvalue weighted by molar-refractivity contribution is 5.83. The van der Waals surface area contributed by atoms with Crippen LogP contribution in [0.4, 0.5) is 0 Å². The summed E-state index contributed by atoms with van der Waals surface area (Å²) in [5.74, 6) is -0.0996. The molecule has 0 saturated heterocycles. The Morgan fingerprint density at radius 1 is 1.25 bits per heavy atom. The topological polar surface area (TPSA) is 70.2 Å². The summed E-state index contributed by atoms with van der Waals surface area (Å²) in [6.45, 7) is 7.48. The van der Waals surface area contributed by atoms with Gasteiger partial charge < -0.3 is 16.0 Å². The largest absolute Gasteiger partial charge is 0.359 e. The van der Waals surface area contributed by atoms with E-state index >= 15 is 0 Å². The predicted molar refractivity (Wildman–Crippen MR) is 64.0 cm³/mol. The van der Waals surface area contributed by atoms with Crippen LogP contribution in [0.1, 0.15) is 27.2 Å². The molecule has 0 bridgehead atoms. The summed E-state index contributed by atoms with van der Waals surface area (Å²) >= 11 is 0. The van der Waals surface area contributed by atoms with Gasteiger partial charge in [-0.15, -0.1) is 0 Å². The van der Waals surface area contributed by atoms with E-state index in [9.17, 15) is 9.59 Å². The maximum Gasteiger partial charge on any atom is 0.227 e. The van der Waals surface area contributed by atoms with Crippen LogP contribution in [-0.4, -0.2) is 38.5 Å². The molecule has 0 rings (SSSR count). The maximum atomic E-state index is 11.4. The molecule has 0 radical (unpaired) electrons. The average molecular weight is 229 g/mol. The van der Waals surface area contributed by atoms with E-state index in [1.54, 1.807) is 20.9 Å². The third kappa shape index (κ3) is 5.70. The lowest BCUT2D eigenvalue weighted by molar-refractivity contribution is -0.129. The molecule has 0 aromatic rings. The summed E-state index contributed by atoms with van der Waals surface area (Å²) in [5.41, 5.74) is -0.567. The molecule has 5 heteroatoms. The number of nitrogens with one attached hydrogen (secondary N) is 3. The van der Waals surface area contributed by atoms with Gasteiger partial charge in [0.15, 0.2) is 0 Å². The number of carbonyl (C=O) groups excluding carboxylic acids is 2. The minimum atomic E-state index is -0.567. The van der Waals surface area contributed by atoms with E-state index in [-0.39, 0.29) is 11.8 Å². The highest BCUT2D eigenvalue weighted by atomic mass is 16.2. The van der Waals surface area contributed by atoms with Gasteiger partial charge in [-0.3, -0.25) is 9.59 Å². The van der Waals surface area contributed by atoms with Crippen LogP contribution in [0.2, 0.25) is 0 Å². The smallest absolute Gasteiger partial charge is 0.227 e. The Morgan fingerprint density at radius 2 is 1.88 bits per heavy atom. The second-order valence-electron chi connectivity index (χ2n) is 4.34. The van der Waals surface area contributed by atoms with Crippen molar-refractivity contribution < 1.29 is 9.59 Å². The van der Waals surface area contributed by atoms with Crippen LogP contribution < -0.4 is 16.0 Å². The van der Waals surface area contributed by atoms with E-state index in [0.29, 0.717) is 19.5 Å². The molecular formula is C11H23N3O2. The molecule has 2 amide bonds. The minimum Gasteiger partial charge on any atom is -0.359 e. The summed E-state index contributed by atoms with van der Waals surface area (Å²) in [6.07, 6.45) is 0.442. The Kier molecular flexibility index (Phi) is 6.72. The first kappa shape index (κ1) is 14.9. The zero-order valence-corrected chi connectivity index (χ0v) is 10.6. The zero-order chi connectivity index (χ0) is 12.6. The molecule has 0 atom stereocenters. The molecule has 0 aliphatic rings. The van der Waals surface area contributed by atoms with Crippen molar-refractivity contribution in [1.82, 2.24) is 16.0 Å².